The molecule has 0 atom stereocenters. The number of nitrogens with zero attached hydrogens (tertiary/aromatic N) is 4. The van der Waals surface area contributed by atoms with E-state index >= 15 is 0 Å². The highest BCUT2D eigenvalue weighted by Gasteiger charge is 2.25. The molecular formula is C21H21ClFN5OS. The number of aromatic nitrogens is 2. The van der Waals surface area contributed by atoms with Gasteiger partial charge in [0.2, 0.25) is 5.91 Å². The number of amides is 1. The molecule has 0 radical (unpaired) electrons. The lowest BCUT2D eigenvalue weighted by molar-refractivity contribution is -0.126. The molecule has 1 amide bonds. The largest absolute Gasteiger partial charge is 0.340 e. The van der Waals surface area contributed by atoms with Gasteiger partial charge in [-0.05, 0) is 44.3 Å². The van der Waals surface area contributed by atoms with E-state index in [0.717, 1.165) is 33.6 Å². The third kappa shape index (κ3) is 4.30. The zero-order valence-corrected chi connectivity index (χ0v) is 18.2. The zero-order chi connectivity index (χ0) is 21.3. The lowest BCUT2D eigenvalue weighted by Crippen LogP contribution is -2.34. The summed E-state index contributed by atoms with van der Waals surface area (Å²) in [5.41, 5.74) is 1.81. The lowest BCUT2D eigenvalue weighted by Gasteiger charge is -2.26. The quantitative estimate of drug-likeness (QED) is 0.595. The lowest BCUT2D eigenvalue weighted by atomic mass is 10.0. The van der Waals surface area contributed by atoms with Crippen molar-refractivity contribution in [3.05, 3.63) is 58.0 Å². The van der Waals surface area contributed by atoms with Crippen LogP contribution in [0.1, 0.15) is 10.4 Å². The fourth-order valence-electron chi connectivity index (χ4n) is 3.39. The number of halogens is 2. The molecule has 30 heavy (non-hydrogen) atoms. The summed E-state index contributed by atoms with van der Waals surface area (Å²) in [6.07, 6.45) is 5.76. The molecule has 0 unspecified atom stereocenters. The van der Waals surface area contributed by atoms with Crippen molar-refractivity contribution < 1.29 is 9.18 Å². The van der Waals surface area contributed by atoms with Crippen molar-refractivity contribution in [1.82, 2.24) is 19.8 Å². The van der Waals surface area contributed by atoms with Gasteiger partial charge in [0.25, 0.3) is 0 Å². The number of hydrogen-bond acceptors (Lipinski definition) is 6. The molecule has 1 aromatic carbocycles. The van der Waals surface area contributed by atoms with Gasteiger partial charge in [0.1, 0.15) is 22.8 Å². The van der Waals surface area contributed by atoms with Gasteiger partial charge in [0.05, 0.1) is 17.0 Å². The van der Waals surface area contributed by atoms with Gasteiger partial charge in [-0.1, -0.05) is 17.7 Å². The van der Waals surface area contributed by atoms with Crippen LogP contribution in [0.5, 0.6) is 0 Å². The van der Waals surface area contributed by atoms with Gasteiger partial charge in [-0.25, -0.2) is 14.4 Å². The van der Waals surface area contributed by atoms with Crippen LogP contribution in [0.2, 0.25) is 5.02 Å². The maximum atomic E-state index is 13.5. The van der Waals surface area contributed by atoms with Gasteiger partial charge in [-0.3, -0.25) is 4.79 Å². The molecule has 6 nitrogen and oxygen atoms in total. The van der Waals surface area contributed by atoms with Crippen molar-refractivity contribution >= 4 is 50.6 Å². The number of anilines is 2. The molecule has 156 valence electrons. The number of benzene rings is 1. The van der Waals surface area contributed by atoms with Gasteiger partial charge in [0, 0.05) is 29.7 Å². The molecule has 3 heterocycles. The smallest absolute Gasteiger partial charge is 0.246 e. The van der Waals surface area contributed by atoms with E-state index in [-0.39, 0.29) is 10.9 Å². The molecule has 2 aromatic heterocycles. The average molecular weight is 446 g/mol. The summed E-state index contributed by atoms with van der Waals surface area (Å²) in [5.74, 6) is 0.212. The summed E-state index contributed by atoms with van der Waals surface area (Å²) in [4.78, 5) is 27.2. The SMILES string of the molecule is CN(C)CC=CC(=O)N1CCc2c(sc3ncnc(Nc4ccc(F)c(Cl)c4)c23)C1. The van der Waals surface area contributed by atoms with Crippen LogP contribution in [0.15, 0.2) is 36.7 Å². The Morgan fingerprint density at radius 1 is 1.40 bits per heavy atom. The number of carbonyl (C=O) groups excluding carboxylic acids is 1. The summed E-state index contributed by atoms with van der Waals surface area (Å²) in [7, 11) is 3.93. The number of rotatable bonds is 5. The topological polar surface area (TPSA) is 61.4 Å². The third-order valence-corrected chi connectivity index (χ3v) is 6.28. The monoisotopic (exact) mass is 445 g/mol. The molecule has 1 N–H and O–H groups in total. The van der Waals surface area contributed by atoms with Crippen molar-refractivity contribution in [3.63, 3.8) is 0 Å². The van der Waals surface area contributed by atoms with E-state index in [9.17, 15) is 9.18 Å². The number of hydrogen-bond donors (Lipinski definition) is 1. The van der Waals surface area contributed by atoms with Gasteiger partial charge < -0.3 is 15.1 Å². The molecule has 1 aliphatic rings. The first-order valence-electron chi connectivity index (χ1n) is 9.50. The highest BCUT2D eigenvalue weighted by molar-refractivity contribution is 7.19. The summed E-state index contributed by atoms with van der Waals surface area (Å²) < 4.78 is 13.5. The third-order valence-electron chi connectivity index (χ3n) is 4.86. The molecule has 4 rings (SSSR count). The van der Waals surface area contributed by atoms with Crippen LogP contribution in [0, 0.1) is 5.82 Å². The van der Waals surface area contributed by atoms with E-state index < -0.39 is 5.82 Å². The Morgan fingerprint density at radius 3 is 3.00 bits per heavy atom. The molecular weight excluding hydrogens is 425 g/mol. The van der Waals surface area contributed by atoms with Crippen LogP contribution >= 0.6 is 22.9 Å². The first-order valence-corrected chi connectivity index (χ1v) is 10.7. The number of carbonyl (C=O) groups is 1. The Hall–Kier alpha value is -2.55. The van der Waals surface area contributed by atoms with Crippen molar-refractivity contribution in [1.29, 1.82) is 0 Å². The Labute approximate surface area is 183 Å². The van der Waals surface area contributed by atoms with E-state index in [1.165, 1.54) is 18.5 Å². The number of fused-ring (bicyclic) bond motifs is 3. The normalized spacial score (nSPS) is 14.0. The molecule has 0 aliphatic carbocycles. The maximum absolute atomic E-state index is 13.5. The van der Waals surface area contributed by atoms with Crippen LogP contribution in [0.4, 0.5) is 15.9 Å². The fourth-order valence-corrected chi connectivity index (χ4v) is 4.77. The molecule has 0 saturated heterocycles. The van der Waals surface area contributed by atoms with Crippen molar-refractivity contribution in [2.75, 3.05) is 32.5 Å². The van der Waals surface area contributed by atoms with Crippen LogP contribution in [-0.2, 0) is 17.8 Å². The fraction of sp³-hybridized carbons (Fsp3) is 0.286. The van der Waals surface area contributed by atoms with Crippen LogP contribution in [-0.4, -0.2) is 52.9 Å². The number of thiophene rings is 1. The predicted octanol–water partition coefficient (Wildman–Crippen LogP) is 4.23. The minimum Gasteiger partial charge on any atom is -0.340 e. The Morgan fingerprint density at radius 2 is 2.23 bits per heavy atom. The van der Waals surface area contributed by atoms with E-state index in [0.29, 0.717) is 24.6 Å². The van der Waals surface area contributed by atoms with Crippen LogP contribution in [0.25, 0.3) is 10.2 Å². The van der Waals surface area contributed by atoms with Gasteiger partial charge in [-0.15, -0.1) is 11.3 Å². The molecule has 0 bridgehead atoms. The summed E-state index contributed by atoms with van der Waals surface area (Å²) >= 11 is 7.48. The van der Waals surface area contributed by atoms with Gasteiger partial charge >= 0.3 is 0 Å². The predicted molar refractivity (Wildman–Crippen MR) is 119 cm³/mol. The summed E-state index contributed by atoms with van der Waals surface area (Å²) in [5, 5.41) is 4.23. The molecule has 1 aliphatic heterocycles. The molecule has 9 heteroatoms. The number of likely N-dealkylation sites (N-methyl/N-ethyl adjacent to an activating group) is 1. The molecule has 0 saturated carbocycles. The Balaban J connectivity index is 1.59. The van der Waals surface area contributed by atoms with Crippen molar-refractivity contribution in [3.8, 4) is 0 Å². The molecule has 0 spiro atoms. The highest BCUT2D eigenvalue weighted by Crippen LogP contribution is 2.38. The first kappa shape index (κ1) is 20.7. The second kappa shape index (κ2) is 8.67. The second-order valence-corrected chi connectivity index (χ2v) is 8.83. The average Bonchev–Trinajstić information content (AvgIpc) is 3.09. The van der Waals surface area contributed by atoms with Gasteiger partial charge in [-0.2, -0.15) is 0 Å². The van der Waals surface area contributed by atoms with E-state index in [4.69, 9.17) is 11.6 Å². The maximum Gasteiger partial charge on any atom is 0.246 e. The second-order valence-electron chi connectivity index (χ2n) is 7.33. The first-order chi connectivity index (χ1) is 14.4. The highest BCUT2D eigenvalue weighted by atomic mass is 35.5. The minimum atomic E-state index is -0.465. The standard InChI is InChI=1S/C21H21ClFN5OS/c1-27(2)8-3-4-18(29)28-9-7-14-17(11-28)30-21-19(14)20(24-12-25-21)26-13-5-6-16(23)15(22)10-13/h3-6,10,12H,7-9,11H2,1-2H3,(H,24,25,26). The molecule has 0 fully saturated rings. The van der Waals surface area contributed by atoms with Crippen molar-refractivity contribution in [2.45, 2.75) is 13.0 Å². The number of nitrogens with one attached hydrogen (secondary N) is 1. The van der Waals surface area contributed by atoms with Gasteiger partial charge in [0.15, 0.2) is 0 Å². The van der Waals surface area contributed by atoms with Crippen molar-refractivity contribution in [2.24, 2.45) is 0 Å². The Kier molecular flexibility index (Phi) is 5.99. The van der Waals surface area contributed by atoms with Crippen LogP contribution < -0.4 is 5.32 Å². The summed E-state index contributed by atoms with van der Waals surface area (Å²) in [6.45, 7) is 1.93. The van der Waals surface area contributed by atoms with Crippen LogP contribution in [0.3, 0.4) is 0 Å². The molecule has 3 aromatic rings. The Bertz CT molecular complexity index is 1130. The zero-order valence-electron chi connectivity index (χ0n) is 16.7. The summed E-state index contributed by atoms with van der Waals surface area (Å²) in [6, 6.07) is 4.47. The van der Waals surface area contributed by atoms with E-state index in [1.807, 2.05) is 30.0 Å². The van der Waals surface area contributed by atoms with E-state index in [2.05, 4.69) is 15.3 Å². The van der Waals surface area contributed by atoms with E-state index in [1.54, 1.807) is 23.5 Å². The minimum absolute atomic E-state index is 0.0188.